The van der Waals surface area contributed by atoms with Crippen LogP contribution in [0.5, 0.6) is 0 Å². The van der Waals surface area contributed by atoms with E-state index in [4.69, 9.17) is 5.10 Å². The fraction of sp³-hybridized carbons (Fsp3) is 0.370. The fourth-order valence-electron chi connectivity index (χ4n) is 4.46. The van der Waals surface area contributed by atoms with Gasteiger partial charge in [-0.3, -0.25) is 14.3 Å². The summed E-state index contributed by atoms with van der Waals surface area (Å²) in [6, 6.07) is 18.3. The van der Waals surface area contributed by atoms with Crippen LogP contribution in [0.4, 0.5) is 0 Å². The van der Waals surface area contributed by atoms with Crippen molar-refractivity contribution in [2.75, 3.05) is 13.1 Å². The van der Waals surface area contributed by atoms with Crippen LogP contribution >= 0.6 is 0 Å². The lowest BCUT2D eigenvalue weighted by atomic mass is 10.0. The molecule has 1 saturated carbocycles. The summed E-state index contributed by atoms with van der Waals surface area (Å²) in [5.74, 6) is 0.448. The van der Waals surface area contributed by atoms with E-state index < -0.39 is 0 Å². The molecule has 1 N–H and O–H groups in total. The molecule has 170 valence electrons. The predicted octanol–water partition coefficient (Wildman–Crippen LogP) is 4.04. The third kappa shape index (κ3) is 5.00. The van der Waals surface area contributed by atoms with E-state index in [1.165, 1.54) is 5.56 Å². The summed E-state index contributed by atoms with van der Waals surface area (Å²) in [6.07, 6.45) is 5.50. The third-order valence-corrected chi connectivity index (χ3v) is 6.59. The van der Waals surface area contributed by atoms with Crippen LogP contribution in [0.1, 0.15) is 47.2 Å². The van der Waals surface area contributed by atoms with Crippen molar-refractivity contribution in [1.82, 2.24) is 20.0 Å². The summed E-state index contributed by atoms with van der Waals surface area (Å²) >= 11 is 0. The Morgan fingerprint density at radius 1 is 0.970 bits per heavy atom. The molecule has 0 bridgehead atoms. The maximum absolute atomic E-state index is 13.3. The second-order valence-electron chi connectivity index (χ2n) is 9.29. The fourth-order valence-corrected chi connectivity index (χ4v) is 4.46. The van der Waals surface area contributed by atoms with Crippen LogP contribution in [-0.4, -0.2) is 45.6 Å². The standard InChI is InChI=1S/C27H30N4O2/c1-19-7-9-21(10-8-19)25-24(18-31(29-25)17-20-5-3-2-4-6-20)26(32)28-23-13-15-30(16-14-23)27(33)22-11-12-22/h2-10,18,22-23H,11-17H2,1H3,(H,28,32). The average molecular weight is 443 g/mol. The summed E-state index contributed by atoms with van der Waals surface area (Å²) in [5, 5.41) is 7.99. The minimum atomic E-state index is -0.100. The Hall–Kier alpha value is -3.41. The molecule has 33 heavy (non-hydrogen) atoms. The molecule has 1 aliphatic heterocycles. The molecule has 0 radical (unpaired) electrons. The summed E-state index contributed by atoms with van der Waals surface area (Å²) in [6.45, 7) is 4.09. The van der Waals surface area contributed by atoms with Crippen LogP contribution in [0.15, 0.2) is 60.8 Å². The normalized spacial score (nSPS) is 16.6. The van der Waals surface area contributed by atoms with Crippen molar-refractivity contribution in [2.24, 2.45) is 5.92 Å². The Kier molecular flexibility index (Phi) is 5.99. The van der Waals surface area contributed by atoms with E-state index in [9.17, 15) is 9.59 Å². The highest BCUT2D eigenvalue weighted by molar-refractivity contribution is 6.00. The zero-order chi connectivity index (χ0) is 22.8. The molecule has 5 rings (SSSR count). The van der Waals surface area contributed by atoms with Crippen molar-refractivity contribution in [2.45, 2.75) is 45.2 Å². The predicted molar refractivity (Wildman–Crippen MR) is 128 cm³/mol. The Labute approximate surface area is 194 Å². The van der Waals surface area contributed by atoms with Crippen LogP contribution in [0.2, 0.25) is 0 Å². The number of hydrogen-bond acceptors (Lipinski definition) is 3. The molecule has 6 heteroatoms. The molecule has 6 nitrogen and oxygen atoms in total. The number of hydrogen-bond donors (Lipinski definition) is 1. The van der Waals surface area contributed by atoms with E-state index in [2.05, 4.69) is 17.4 Å². The van der Waals surface area contributed by atoms with Gasteiger partial charge in [0.1, 0.15) is 5.69 Å². The van der Waals surface area contributed by atoms with Gasteiger partial charge in [0.15, 0.2) is 0 Å². The van der Waals surface area contributed by atoms with E-state index in [-0.39, 0.29) is 17.9 Å². The number of rotatable bonds is 6. The Morgan fingerprint density at radius 2 is 1.67 bits per heavy atom. The first-order chi connectivity index (χ1) is 16.1. The molecule has 0 atom stereocenters. The van der Waals surface area contributed by atoms with Crippen LogP contribution in [0.25, 0.3) is 11.3 Å². The lowest BCUT2D eigenvalue weighted by Crippen LogP contribution is -2.47. The highest BCUT2D eigenvalue weighted by atomic mass is 16.2. The second kappa shape index (κ2) is 9.22. The summed E-state index contributed by atoms with van der Waals surface area (Å²) in [5.41, 5.74) is 4.52. The number of nitrogens with zero attached hydrogens (tertiary/aromatic N) is 3. The van der Waals surface area contributed by atoms with Crippen LogP contribution in [0.3, 0.4) is 0 Å². The Morgan fingerprint density at radius 3 is 2.33 bits per heavy atom. The van der Waals surface area contributed by atoms with Gasteiger partial charge in [0, 0.05) is 36.8 Å². The molecule has 2 amide bonds. The van der Waals surface area contributed by atoms with Gasteiger partial charge in [-0.2, -0.15) is 5.10 Å². The Balaban J connectivity index is 1.32. The summed E-state index contributed by atoms with van der Waals surface area (Å²) in [4.78, 5) is 27.6. The number of piperidine rings is 1. The highest BCUT2D eigenvalue weighted by Gasteiger charge is 2.35. The second-order valence-corrected chi connectivity index (χ2v) is 9.29. The largest absolute Gasteiger partial charge is 0.349 e. The van der Waals surface area contributed by atoms with E-state index in [0.29, 0.717) is 23.7 Å². The third-order valence-electron chi connectivity index (χ3n) is 6.59. The lowest BCUT2D eigenvalue weighted by molar-refractivity contribution is -0.133. The number of likely N-dealkylation sites (tertiary alicyclic amines) is 1. The number of carbonyl (C=O) groups is 2. The highest BCUT2D eigenvalue weighted by Crippen LogP contribution is 2.32. The molecule has 0 unspecified atom stereocenters. The molecule has 2 aromatic carbocycles. The number of aryl methyl sites for hydroxylation is 1. The first kappa shape index (κ1) is 21.4. The maximum atomic E-state index is 13.3. The SMILES string of the molecule is Cc1ccc(-c2nn(Cc3ccccc3)cc2C(=O)NC2CCN(C(=O)C3CC3)CC2)cc1. The molecule has 1 aliphatic carbocycles. The maximum Gasteiger partial charge on any atom is 0.255 e. The van der Waals surface area contributed by atoms with Gasteiger partial charge in [0.2, 0.25) is 5.91 Å². The van der Waals surface area contributed by atoms with E-state index in [1.807, 2.05) is 65.2 Å². The first-order valence-electron chi connectivity index (χ1n) is 11.8. The van der Waals surface area contributed by atoms with E-state index >= 15 is 0 Å². The van der Waals surface area contributed by atoms with Crippen LogP contribution in [0, 0.1) is 12.8 Å². The van der Waals surface area contributed by atoms with Crippen LogP contribution < -0.4 is 5.32 Å². The molecule has 1 saturated heterocycles. The first-order valence-corrected chi connectivity index (χ1v) is 11.8. The van der Waals surface area contributed by atoms with E-state index in [1.54, 1.807) is 0 Å². The quantitative estimate of drug-likeness (QED) is 0.627. The molecule has 2 aliphatic rings. The minimum absolute atomic E-state index is 0.0732. The molecule has 2 fully saturated rings. The minimum Gasteiger partial charge on any atom is -0.349 e. The van der Waals surface area contributed by atoms with Gasteiger partial charge in [-0.25, -0.2) is 0 Å². The number of aromatic nitrogens is 2. The number of benzene rings is 2. The average Bonchev–Trinajstić information content (AvgIpc) is 3.60. The van der Waals surface area contributed by atoms with E-state index in [0.717, 1.165) is 49.9 Å². The lowest BCUT2D eigenvalue weighted by Gasteiger charge is -2.32. The number of carbonyl (C=O) groups excluding carboxylic acids is 2. The summed E-state index contributed by atoms with van der Waals surface area (Å²) in [7, 11) is 0. The zero-order valence-electron chi connectivity index (χ0n) is 19.0. The number of nitrogens with one attached hydrogen (secondary N) is 1. The topological polar surface area (TPSA) is 67.2 Å². The number of amides is 2. The van der Waals surface area contributed by atoms with Gasteiger partial charge >= 0.3 is 0 Å². The molecular formula is C27H30N4O2. The van der Waals surface area contributed by atoms with Crippen molar-refractivity contribution in [3.63, 3.8) is 0 Å². The van der Waals surface area contributed by atoms with Crippen LogP contribution in [-0.2, 0) is 11.3 Å². The summed E-state index contributed by atoms with van der Waals surface area (Å²) < 4.78 is 1.84. The van der Waals surface area contributed by atoms with Crippen molar-refractivity contribution < 1.29 is 9.59 Å². The monoisotopic (exact) mass is 442 g/mol. The van der Waals surface area contributed by atoms with Gasteiger partial charge < -0.3 is 10.2 Å². The molecule has 3 aromatic rings. The Bertz CT molecular complexity index is 1120. The zero-order valence-corrected chi connectivity index (χ0v) is 19.0. The van der Waals surface area contributed by atoms with Crippen molar-refractivity contribution in [3.05, 3.63) is 77.5 Å². The van der Waals surface area contributed by atoms with Gasteiger partial charge in [0.05, 0.1) is 12.1 Å². The van der Waals surface area contributed by atoms with Gasteiger partial charge in [-0.1, -0.05) is 60.2 Å². The smallest absolute Gasteiger partial charge is 0.255 e. The van der Waals surface area contributed by atoms with Gasteiger partial charge in [0.25, 0.3) is 5.91 Å². The van der Waals surface area contributed by atoms with Crippen molar-refractivity contribution in [1.29, 1.82) is 0 Å². The van der Waals surface area contributed by atoms with Crippen molar-refractivity contribution >= 4 is 11.8 Å². The molecule has 1 aromatic heterocycles. The van der Waals surface area contributed by atoms with Gasteiger partial charge in [-0.15, -0.1) is 0 Å². The molecule has 2 heterocycles. The van der Waals surface area contributed by atoms with Crippen molar-refractivity contribution in [3.8, 4) is 11.3 Å². The van der Waals surface area contributed by atoms with Gasteiger partial charge in [-0.05, 0) is 38.2 Å². The molecular weight excluding hydrogens is 412 g/mol. The molecule has 0 spiro atoms.